The average Bonchev–Trinajstić information content (AvgIpc) is 2.63. The minimum absolute atomic E-state index is 0. The Balaban J connectivity index is 0.00000338. The predicted molar refractivity (Wildman–Crippen MR) is 120 cm³/mol. The fourth-order valence-corrected chi connectivity index (χ4v) is 2.95. The van der Waals surface area contributed by atoms with E-state index in [9.17, 15) is 0 Å². The van der Waals surface area contributed by atoms with E-state index >= 15 is 0 Å². The number of guanidine groups is 1. The number of benzene rings is 1. The van der Waals surface area contributed by atoms with Crippen LogP contribution >= 0.6 is 24.0 Å². The molecule has 26 heavy (non-hydrogen) atoms. The van der Waals surface area contributed by atoms with E-state index in [4.69, 9.17) is 9.73 Å². The predicted octanol–water partition coefficient (Wildman–Crippen LogP) is 1.66. The molecule has 0 radical (unpaired) electrons. The van der Waals surface area contributed by atoms with Crippen LogP contribution in [0.1, 0.15) is 12.5 Å². The molecule has 2 rings (SSSR count). The molecule has 148 valence electrons. The summed E-state index contributed by atoms with van der Waals surface area (Å²) in [7, 11) is 6.07. The highest BCUT2D eigenvalue weighted by atomic mass is 127. The zero-order valence-electron chi connectivity index (χ0n) is 16.5. The van der Waals surface area contributed by atoms with Gasteiger partial charge in [0.2, 0.25) is 0 Å². The first kappa shape index (κ1) is 23.0. The summed E-state index contributed by atoms with van der Waals surface area (Å²) in [5.74, 6) is 1.80. The molecule has 1 saturated heterocycles. The number of piperazine rings is 1. The van der Waals surface area contributed by atoms with Gasteiger partial charge in [-0.15, -0.1) is 24.0 Å². The number of methoxy groups -OCH3 is 1. The molecule has 1 aromatic rings. The first-order valence-electron chi connectivity index (χ1n) is 9.16. The van der Waals surface area contributed by atoms with Gasteiger partial charge in [0.05, 0.1) is 13.7 Å². The van der Waals surface area contributed by atoms with Gasteiger partial charge < -0.3 is 20.3 Å². The van der Waals surface area contributed by atoms with Gasteiger partial charge in [0, 0.05) is 38.8 Å². The molecule has 1 aromatic carbocycles. The summed E-state index contributed by atoms with van der Waals surface area (Å²) in [6.45, 7) is 7.97. The van der Waals surface area contributed by atoms with Crippen molar-refractivity contribution >= 4 is 29.9 Å². The van der Waals surface area contributed by atoms with Crippen LogP contribution in [-0.2, 0) is 6.42 Å². The molecule has 0 amide bonds. The van der Waals surface area contributed by atoms with Crippen LogP contribution in [0.3, 0.4) is 0 Å². The summed E-state index contributed by atoms with van der Waals surface area (Å²) in [4.78, 5) is 9.57. The van der Waals surface area contributed by atoms with Crippen LogP contribution in [0.5, 0.6) is 5.75 Å². The Hall–Kier alpha value is -1.06. The van der Waals surface area contributed by atoms with Gasteiger partial charge in [0.25, 0.3) is 0 Å². The smallest absolute Gasteiger partial charge is 0.191 e. The molecule has 0 saturated carbocycles. The second kappa shape index (κ2) is 12.3. The molecule has 6 nitrogen and oxygen atoms in total. The largest absolute Gasteiger partial charge is 0.497 e. The second-order valence-corrected chi connectivity index (χ2v) is 6.64. The molecule has 2 N–H and O–H groups in total. The van der Waals surface area contributed by atoms with Crippen LogP contribution < -0.4 is 15.4 Å². The fraction of sp³-hybridized carbons (Fsp3) is 0.632. The Kier molecular flexibility index (Phi) is 10.9. The Morgan fingerprint density at radius 3 is 2.58 bits per heavy atom. The van der Waals surface area contributed by atoms with Crippen molar-refractivity contribution in [3.05, 3.63) is 29.8 Å². The van der Waals surface area contributed by atoms with Crippen molar-refractivity contribution in [2.45, 2.75) is 19.4 Å². The zero-order valence-corrected chi connectivity index (χ0v) is 18.8. The number of halogens is 1. The Morgan fingerprint density at radius 2 is 1.92 bits per heavy atom. The van der Waals surface area contributed by atoms with Crippen molar-refractivity contribution in [3.63, 3.8) is 0 Å². The quantitative estimate of drug-likeness (QED) is 0.357. The Bertz CT molecular complexity index is 537. The van der Waals surface area contributed by atoms with Crippen LogP contribution in [0, 0.1) is 0 Å². The molecule has 0 aliphatic carbocycles. The molecular weight excluding hydrogens is 441 g/mol. The minimum Gasteiger partial charge on any atom is -0.497 e. The third kappa shape index (κ3) is 7.67. The standard InChI is InChI=1S/C19H33N5O.HI/c1-5-20-19(22-14-17-15-23(2)12-13-24(17)3)21-11-10-16-6-8-18(25-4)9-7-16;/h6-9,17H,5,10-15H2,1-4H3,(H2,20,21,22);1H. The van der Waals surface area contributed by atoms with Crippen LogP contribution in [0.4, 0.5) is 0 Å². The number of rotatable bonds is 7. The van der Waals surface area contributed by atoms with Crippen LogP contribution in [0.2, 0.25) is 0 Å². The third-order valence-corrected chi connectivity index (χ3v) is 4.65. The van der Waals surface area contributed by atoms with E-state index in [2.05, 4.69) is 53.6 Å². The van der Waals surface area contributed by atoms with E-state index in [0.29, 0.717) is 6.04 Å². The minimum atomic E-state index is 0. The van der Waals surface area contributed by atoms with E-state index in [1.165, 1.54) is 5.56 Å². The second-order valence-electron chi connectivity index (χ2n) is 6.64. The molecule has 1 fully saturated rings. The van der Waals surface area contributed by atoms with E-state index < -0.39 is 0 Å². The van der Waals surface area contributed by atoms with E-state index in [0.717, 1.165) is 57.4 Å². The maximum Gasteiger partial charge on any atom is 0.191 e. The van der Waals surface area contributed by atoms with Gasteiger partial charge in [-0.1, -0.05) is 12.1 Å². The number of ether oxygens (including phenoxy) is 1. The van der Waals surface area contributed by atoms with Crippen molar-refractivity contribution in [1.82, 2.24) is 20.4 Å². The first-order valence-corrected chi connectivity index (χ1v) is 9.16. The molecule has 1 heterocycles. The number of aliphatic imine (C=N–C) groups is 1. The highest BCUT2D eigenvalue weighted by Crippen LogP contribution is 2.11. The van der Waals surface area contributed by atoms with Crippen molar-refractivity contribution in [3.8, 4) is 5.75 Å². The number of nitrogens with one attached hydrogen (secondary N) is 2. The summed E-state index contributed by atoms with van der Waals surface area (Å²) >= 11 is 0. The number of hydrogen-bond donors (Lipinski definition) is 2. The summed E-state index contributed by atoms with van der Waals surface area (Å²) in [6, 6.07) is 8.71. The number of hydrogen-bond acceptors (Lipinski definition) is 4. The zero-order chi connectivity index (χ0) is 18.1. The summed E-state index contributed by atoms with van der Waals surface area (Å²) < 4.78 is 5.20. The number of nitrogens with zero attached hydrogens (tertiary/aromatic N) is 3. The monoisotopic (exact) mass is 475 g/mol. The summed E-state index contributed by atoms with van der Waals surface area (Å²) in [5, 5.41) is 6.78. The van der Waals surface area contributed by atoms with Gasteiger partial charge in [0.15, 0.2) is 5.96 Å². The molecule has 7 heteroatoms. The van der Waals surface area contributed by atoms with Gasteiger partial charge in [-0.25, -0.2) is 0 Å². The van der Waals surface area contributed by atoms with Crippen LogP contribution in [0.25, 0.3) is 0 Å². The molecule has 0 aromatic heterocycles. The van der Waals surface area contributed by atoms with Crippen LogP contribution in [0.15, 0.2) is 29.3 Å². The van der Waals surface area contributed by atoms with E-state index in [-0.39, 0.29) is 24.0 Å². The summed E-state index contributed by atoms with van der Waals surface area (Å²) in [6.07, 6.45) is 0.959. The lowest BCUT2D eigenvalue weighted by Gasteiger charge is -2.36. The van der Waals surface area contributed by atoms with Gasteiger partial charge in [-0.3, -0.25) is 9.89 Å². The maximum atomic E-state index is 5.20. The lowest BCUT2D eigenvalue weighted by molar-refractivity contribution is 0.119. The van der Waals surface area contributed by atoms with E-state index in [1.54, 1.807) is 7.11 Å². The Labute approximate surface area is 175 Å². The lowest BCUT2D eigenvalue weighted by Crippen LogP contribution is -2.51. The molecule has 1 aliphatic rings. The van der Waals surface area contributed by atoms with Crippen molar-refractivity contribution < 1.29 is 4.74 Å². The molecule has 1 atom stereocenters. The SMILES string of the molecule is CCNC(=NCC1CN(C)CCN1C)NCCc1ccc(OC)cc1.I. The average molecular weight is 475 g/mol. The number of likely N-dealkylation sites (N-methyl/N-ethyl adjacent to an activating group) is 2. The van der Waals surface area contributed by atoms with Crippen molar-refractivity contribution in [2.75, 3.05) is 60.5 Å². The van der Waals surface area contributed by atoms with Crippen molar-refractivity contribution in [1.29, 1.82) is 0 Å². The molecule has 0 bridgehead atoms. The topological polar surface area (TPSA) is 52.1 Å². The first-order chi connectivity index (χ1) is 12.1. The highest BCUT2D eigenvalue weighted by Gasteiger charge is 2.21. The van der Waals surface area contributed by atoms with Gasteiger partial charge >= 0.3 is 0 Å². The molecule has 1 unspecified atom stereocenters. The van der Waals surface area contributed by atoms with Crippen LogP contribution in [-0.4, -0.2) is 82.3 Å². The highest BCUT2D eigenvalue weighted by molar-refractivity contribution is 14.0. The lowest BCUT2D eigenvalue weighted by atomic mass is 10.1. The fourth-order valence-electron chi connectivity index (χ4n) is 2.95. The van der Waals surface area contributed by atoms with Crippen molar-refractivity contribution in [2.24, 2.45) is 4.99 Å². The normalized spacial score (nSPS) is 18.9. The van der Waals surface area contributed by atoms with Gasteiger partial charge in [-0.2, -0.15) is 0 Å². The Morgan fingerprint density at radius 1 is 1.19 bits per heavy atom. The molecule has 0 spiro atoms. The molecular formula is C19H34IN5O. The van der Waals surface area contributed by atoms with E-state index in [1.807, 2.05) is 12.1 Å². The maximum absolute atomic E-state index is 5.20. The third-order valence-electron chi connectivity index (χ3n) is 4.65. The van der Waals surface area contributed by atoms with Gasteiger partial charge in [-0.05, 0) is 45.1 Å². The van der Waals surface area contributed by atoms with Gasteiger partial charge in [0.1, 0.15) is 5.75 Å². The summed E-state index contributed by atoms with van der Waals surface area (Å²) in [5.41, 5.74) is 1.29. The molecule has 1 aliphatic heterocycles.